The van der Waals surface area contributed by atoms with Gasteiger partial charge < -0.3 is 15.8 Å². The first-order valence-corrected chi connectivity index (χ1v) is 5.20. The van der Waals surface area contributed by atoms with Gasteiger partial charge in [-0.05, 0) is 13.3 Å². The van der Waals surface area contributed by atoms with Crippen LogP contribution in [0.1, 0.15) is 33.1 Å². The van der Waals surface area contributed by atoms with E-state index in [1.807, 2.05) is 0 Å². The Kier molecular flexibility index (Phi) is 8.40. The van der Waals surface area contributed by atoms with Gasteiger partial charge in [0.15, 0.2) is 0 Å². The van der Waals surface area contributed by atoms with Gasteiger partial charge in [0, 0.05) is 26.2 Å². The number of hydrogen-bond donors (Lipinski definition) is 2. The molecule has 0 aliphatic carbocycles. The van der Waals surface area contributed by atoms with Crippen molar-refractivity contribution < 1.29 is 4.74 Å². The first kappa shape index (κ1) is 12.9. The van der Waals surface area contributed by atoms with E-state index in [1.165, 1.54) is 19.3 Å². The standard InChI is InChI=1S/C10H24N2O/c1-4-5-6-9(2)12-8-10(7-11)13-3/h9-10,12H,4-8,11H2,1-3H3. The first-order valence-electron chi connectivity index (χ1n) is 5.20. The van der Waals surface area contributed by atoms with Crippen LogP contribution in [0.25, 0.3) is 0 Å². The van der Waals surface area contributed by atoms with E-state index < -0.39 is 0 Å². The predicted molar refractivity (Wildman–Crippen MR) is 56.8 cm³/mol. The molecule has 0 aromatic heterocycles. The summed E-state index contributed by atoms with van der Waals surface area (Å²) in [5.74, 6) is 0. The van der Waals surface area contributed by atoms with E-state index in [1.54, 1.807) is 7.11 Å². The van der Waals surface area contributed by atoms with Crippen molar-refractivity contribution in [2.45, 2.75) is 45.3 Å². The van der Waals surface area contributed by atoms with Crippen LogP contribution < -0.4 is 11.1 Å². The fourth-order valence-electron chi connectivity index (χ4n) is 1.21. The highest BCUT2D eigenvalue weighted by Crippen LogP contribution is 1.99. The smallest absolute Gasteiger partial charge is 0.0817 e. The second-order valence-electron chi connectivity index (χ2n) is 3.54. The van der Waals surface area contributed by atoms with Gasteiger partial charge in [-0.25, -0.2) is 0 Å². The average Bonchev–Trinajstić information content (AvgIpc) is 2.16. The van der Waals surface area contributed by atoms with Gasteiger partial charge in [0.1, 0.15) is 0 Å². The van der Waals surface area contributed by atoms with Gasteiger partial charge in [0.2, 0.25) is 0 Å². The summed E-state index contributed by atoms with van der Waals surface area (Å²) in [5.41, 5.74) is 5.50. The minimum absolute atomic E-state index is 0.157. The van der Waals surface area contributed by atoms with Crippen LogP contribution in [-0.2, 0) is 4.74 Å². The number of hydrogen-bond acceptors (Lipinski definition) is 3. The lowest BCUT2D eigenvalue weighted by atomic mass is 10.1. The Balaban J connectivity index is 3.38. The SMILES string of the molecule is CCCCC(C)NCC(CN)OC. The fraction of sp³-hybridized carbons (Fsp3) is 1.00. The summed E-state index contributed by atoms with van der Waals surface area (Å²) in [6, 6.07) is 0.573. The molecule has 0 aliphatic heterocycles. The summed E-state index contributed by atoms with van der Waals surface area (Å²) in [6.45, 7) is 5.87. The molecule has 0 radical (unpaired) electrons. The lowest BCUT2D eigenvalue weighted by molar-refractivity contribution is 0.106. The van der Waals surface area contributed by atoms with E-state index in [0.29, 0.717) is 12.6 Å². The molecule has 0 fully saturated rings. The molecule has 3 heteroatoms. The van der Waals surface area contributed by atoms with E-state index in [0.717, 1.165) is 6.54 Å². The number of methoxy groups -OCH3 is 1. The van der Waals surface area contributed by atoms with Gasteiger partial charge in [-0.1, -0.05) is 19.8 Å². The highest BCUT2D eigenvalue weighted by atomic mass is 16.5. The van der Waals surface area contributed by atoms with E-state index in [-0.39, 0.29) is 6.10 Å². The molecule has 0 aromatic carbocycles. The maximum Gasteiger partial charge on any atom is 0.0817 e. The number of rotatable bonds is 8. The maximum atomic E-state index is 5.50. The molecule has 13 heavy (non-hydrogen) atoms. The third-order valence-corrected chi connectivity index (χ3v) is 2.28. The molecule has 0 saturated heterocycles. The van der Waals surface area contributed by atoms with Crippen LogP contribution in [0, 0.1) is 0 Å². The van der Waals surface area contributed by atoms with Crippen LogP contribution in [0.15, 0.2) is 0 Å². The lowest BCUT2D eigenvalue weighted by Gasteiger charge is -2.18. The molecule has 0 heterocycles. The van der Waals surface area contributed by atoms with Gasteiger partial charge in [0.25, 0.3) is 0 Å². The maximum absolute atomic E-state index is 5.50. The normalized spacial score (nSPS) is 15.7. The summed E-state index contributed by atoms with van der Waals surface area (Å²) in [7, 11) is 1.70. The molecule has 2 atom stereocenters. The van der Waals surface area contributed by atoms with Crippen molar-refractivity contribution in [3.05, 3.63) is 0 Å². The number of ether oxygens (including phenoxy) is 1. The van der Waals surface area contributed by atoms with Gasteiger partial charge in [-0.15, -0.1) is 0 Å². The Morgan fingerprint density at radius 1 is 1.46 bits per heavy atom. The van der Waals surface area contributed by atoms with E-state index in [9.17, 15) is 0 Å². The molecule has 0 spiro atoms. The van der Waals surface area contributed by atoms with E-state index in [4.69, 9.17) is 10.5 Å². The summed E-state index contributed by atoms with van der Waals surface area (Å²) >= 11 is 0. The molecular weight excluding hydrogens is 164 g/mol. The van der Waals surface area contributed by atoms with Crippen molar-refractivity contribution in [2.75, 3.05) is 20.2 Å². The van der Waals surface area contributed by atoms with Crippen LogP contribution in [0.4, 0.5) is 0 Å². The van der Waals surface area contributed by atoms with E-state index >= 15 is 0 Å². The Hall–Kier alpha value is -0.120. The zero-order valence-corrected chi connectivity index (χ0v) is 9.18. The summed E-state index contributed by atoms with van der Waals surface area (Å²) in [6.07, 6.45) is 3.94. The lowest BCUT2D eigenvalue weighted by Crippen LogP contribution is -2.38. The summed E-state index contributed by atoms with van der Waals surface area (Å²) in [5, 5.41) is 3.41. The minimum Gasteiger partial charge on any atom is -0.379 e. The molecule has 3 nitrogen and oxygen atoms in total. The van der Waals surface area contributed by atoms with Crippen molar-refractivity contribution in [1.29, 1.82) is 0 Å². The van der Waals surface area contributed by atoms with Crippen molar-refractivity contribution in [3.63, 3.8) is 0 Å². The number of nitrogens with one attached hydrogen (secondary N) is 1. The van der Waals surface area contributed by atoms with E-state index in [2.05, 4.69) is 19.2 Å². The third kappa shape index (κ3) is 6.99. The monoisotopic (exact) mass is 188 g/mol. The van der Waals surface area contributed by atoms with Gasteiger partial charge in [-0.2, -0.15) is 0 Å². The minimum atomic E-state index is 0.157. The Labute approximate surface area is 82.0 Å². The second kappa shape index (κ2) is 8.48. The molecule has 3 N–H and O–H groups in total. The van der Waals surface area contributed by atoms with Crippen LogP contribution >= 0.6 is 0 Å². The largest absolute Gasteiger partial charge is 0.379 e. The van der Waals surface area contributed by atoms with Crippen molar-refractivity contribution in [2.24, 2.45) is 5.73 Å². The highest BCUT2D eigenvalue weighted by molar-refractivity contribution is 4.66. The highest BCUT2D eigenvalue weighted by Gasteiger charge is 2.06. The van der Waals surface area contributed by atoms with Crippen molar-refractivity contribution >= 4 is 0 Å². The third-order valence-electron chi connectivity index (χ3n) is 2.28. The van der Waals surface area contributed by atoms with Crippen LogP contribution in [0.2, 0.25) is 0 Å². The molecule has 0 bridgehead atoms. The average molecular weight is 188 g/mol. The molecular formula is C10H24N2O. The van der Waals surface area contributed by atoms with Gasteiger partial charge >= 0.3 is 0 Å². The van der Waals surface area contributed by atoms with Crippen LogP contribution in [0.3, 0.4) is 0 Å². The molecule has 0 aliphatic rings. The quantitative estimate of drug-likeness (QED) is 0.600. The van der Waals surface area contributed by atoms with Crippen molar-refractivity contribution in [1.82, 2.24) is 5.32 Å². The zero-order valence-electron chi connectivity index (χ0n) is 9.18. The van der Waals surface area contributed by atoms with Gasteiger partial charge in [-0.3, -0.25) is 0 Å². The first-order chi connectivity index (χ1) is 6.24. The predicted octanol–water partition coefficient (Wildman–Crippen LogP) is 1.13. The summed E-state index contributed by atoms with van der Waals surface area (Å²) in [4.78, 5) is 0. The topological polar surface area (TPSA) is 47.3 Å². The Bertz CT molecular complexity index is 105. The summed E-state index contributed by atoms with van der Waals surface area (Å²) < 4.78 is 5.17. The van der Waals surface area contributed by atoms with Crippen molar-refractivity contribution in [3.8, 4) is 0 Å². The molecule has 2 unspecified atom stereocenters. The molecule has 0 rings (SSSR count). The molecule has 0 amide bonds. The Morgan fingerprint density at radius 2 is 2.15 bits per heavy atom. The molecule has 0 aromatic rings. The number of nitrogens with two attached hydrogens (primary N) is 1. The van der Waals surface area contributed by atoms with Gasteiger partial charge in [0.05, 0.1) is 6.10 Å². The number of unbranched alkanes of at least 4 members (excludes halogenated alkanes) is 1. The van der Waals surface area contributed by atoms with Crippen LogP contribution in [0.5, 0.6) is 0 Å². The fourth-order valence-corrected chi connectivity index (χ4v) is 1.21. The molecule has 0 saturated carbocycles. The zero-order chi connectivity index (χ0) is 10.1. The molecule has 80 valence electrons. The second-order valence-corrected chi connectivity index (χ2v) is 3.54. The van der Waals surface area contributed by atoms with Crippen LogP contribution in [-0.4, -0.2) is 32.3 Å². The Morgan fingerprint density at radius 3 is 2.62 bits per heavy atom.